The van der Waals surface area contributed by atoms with Gasteiger partial charge in [0.2, 0.25) is 0 Å². The molecular formula is C21H18O. The third-order valence-electron chi connectivity index (χ3n) is 4.74. The van der Waals surface area contributed by atoms with Crippen molar-refractivity contribution in [3.8, 4) is 0 Å². The van der Waals surface area contributed by atoms with E-state index in [0.29, 0.717) is 18.3 Å². The molecule has 0 fully saturated rings. The van der Waals surface area contributed by atoms with Gasteiger partial charge in [0.15, 0.2) is 5.78 Å². The Bertz CT molecular complexity index is 768. The Kier molecular flexibility index (Phi) is 3.27. The van der Waals surface area contributed by atoms with Gasteiger partial charge in [0.25, 0.3) is 0 Å². The van der Waals surface area contributed by atoms with Gasteiger partial charge in [-0.25, -0.2) is 0 Å². The summed E-state index contributed by atoms with van der Waals surface area (Å²) in [6.45, 7) is 0. The van der Waals surface area contributed by atoms with Gasteiger partial charge in [0, 0.05) is 17.9 Å². The minimum absolute atomic E-state index is 0.219. The molecule has 0 unspecified atom stereocenters. The summed E-state index contributed by atoms with van der Waals surface area (Å²) in [4.78, 5) is 12.5. The van der Waals surface area contributed by atoms with Crippen LogP contribution in [-0.2, 0) is 17.6 Å². The number of rotatable bonds is 3. The van der Waals surface area contributed by atoms with Crippen molar-refractivity contribution in [2.45, 2.75) is 18.8 Å². The van der Waals surface area contributed by atoms with Crippen LogP contribution in [0.15, 0.2) is 78.4 Å². The number of hydrogen-bond donors (Lipinski definition) is 0. The summed E-state index contributed by atoms with van der Waals surface area (Å²) < 4.78 is 0. The Hall–Kier alpha value is -2.41. The van der Waals surface area contributed by atoms with E-state index < -0.39 is 0 Å². The van der Waals surface area contributed by atoms with Crippen LogP contribution in [0.3, 0.4) is 0 Å². The molecule has 2 aliphatic rings. The van der Waals surface area contributed by atoms with Crippen LogP contribution in [0.2, 0.25) is 0 Å². The van der Waals surface area contributed by atoms with Crippen LogP contribution in [-0.4, -0.2) is 5.78 Å². The van der Waals surface area contributed by atoms with Gasteiger partial charge in [-0.3, -0.25) is 4.79 Å². The molecule has 0 radical (unpaired) electrons. The summed E-state index contributed by atoms with van der Waals surface area (Å²) >= 11 is 0. The molecule has 0 amide bonds. The zero-order valence-corrected chi connectivity index (χ0v) is 12.4. The van der Waals surface area contributed by atoms with Crippen molar-refractivity contribution in [3.05, 3.63) is 95.1 Å². The summed E-state index contributed by atoms with van der Waals surface area (Å²) in [6, 6.07) is 18.6. The molecule has 1 nitrogen and oxygen atoms in total. The predicted molar refractivity (Wildman–Crippen MR) is 88.8 cm³/mol. The van der Waals surface area contributed by atoms with E-state index in [0.717, 1.165) is 17.6 Å². The van der Waals surface area contributed by atoms with E-state index in [1.807, 2.05) is 36.4 Å². The highest BCUT2D eigenvalue weighted by Gasteiger charge is 2.31. The van der Waals surface area contributed by atoms with Gasteiger partial charge in [-0.2, -0.15) is 0 Å². The second-order valence-electron chi connectivity index (χ2n) is 6.16. The molecule has 0 aromatic heterocycles. The van der Waals surface area contributed by atoms with Crippen molar-refractivity contribution in [3.63, 3.8) is 0 Å². The monoisotopic (exact) mass is 286 g/mol. The maximum Gasteiger partial charge on any atom is 0.166 e. The molecule has 0 N–H and O–H groups in total. The van der Waals surface area contributed by atoms with E-state index in [9.17, 15) is 4.79 Å². The summed E-state index contributed by atoms with van der Waals surface area (Å²) in [5, 5.41) is 0. The molecule has 108 valence electrons. The van der Waals surface area contributed by atoms with Crippen LogP contribution in [0.25, 0.3) is 0 Å². The molecule has 0 saturated heterocycles. The highest BCUT2D eigenvalue weighted by molar-refractivity contribution is 5.99. The fourth-order valence-electron chi connectivity index (χ4n) is 3.63. The van der Waals surface area contributed by atoms with E-state index in [4.69, 9.17) is 0 Å². The van der Waals surface area contributed by atoms with Crippen molar-refractivity contribution in [1.82, 2.24) is 0 Å². The van der Waals surface area contributed by atoms with Gasteiger partial charge in [-0.1, -0.05) is 72.8 Å². The third-order valence-corrected chi connectivity index (χ3v) is 4.74. The number of carbonyl (C=O) groups is 1. The van der Waals surface area contributed by atoms with Crippen molar-refractivity contribution in [2.75, 3.05) is 0 Å². The first-order valence-corrected chi connectivity index (χ1v) is 7.86. The van der Waals surface area contributed by atoms with E-state index in [1.165, 1.54) is 11.1 Å². The molecule has 0 bridgehead atoms. The second-order valence-corrected chi connectivity index (χ2v) is 6.16. The van der Waals surface area contributed by atoms with Crippen molar-refractivity contribution < 1.29 is 4.79 Å². The molecule has 4 rings (SSSR count). The maximum absolute atomic E-state index is 12.5. The Morgan fingerprint density at radius 1 is 1.00 bits per heavy atom. The molecule has 0 aliphatic heterocycles. The number of fused-ring (bicyclic) bond motifs is 3. The maximum atomic E-state index is 12.5. The Morgan fingerprint density at radius 3 is 2.64 bits per heavy atom. The quantitative estimate of drug-likeness (QED) is 0.824. The van der Waals surface area contributed by atoms with Crippen molar-refractivity contribution in [1.29, 1.82) is 0 Å². The standard InChI is InChI=1S/C21H18O/c22-21(12-15-6-2-1-3-7-15)17-10-11-20-18(14-17)13-16-8-4-5-9-19(16)20/h1-11,14,18,20H,12-13H2/t18-,20+/m0/s1. The van der Waals surface area contributed by atoms with Gasteiger partial charge >= 0.3 is 0 Å². The fourth-order valence-corrected chi connectivity index (χ4v) is 3.63. The van der Waals surface area contributed by atoms with E-state index in [-0.39, 0.29) is 5.78 Å². The molecule has 2 atom stereocenters. The first kappa shape index (κ1) is 13.3. The van der Waals surface area contributed by atoms with E-state index in [1.54, 1.807) is 0 Å². The molecular weight excluding hydrogens is 268 g/mol. The number of ketones is 1. The number of Topliss-reactive ketones (excluding diaryl/α,β-unsaturated/α-hetero) is 1. The molecule has 1 heteroatoms. The zero-order chi connectivity index (χ0) is 14.9. The predicted octanol–water partition coefficient (Wildman–Crippen LogP) is 4.25. The highest BCUT2D eigenvalue weighted by Crippen LogP contribution is 2.42. The molecule has 2 aliphatic carbocycles. The number of hydrogen-bond acceptors (Lipinski definition) is 1. The number of carbonyl (C=O) groups excluding carboxylic acids is 1. The van der Waals surface area contributed by atoms with Crippen LogP contribution in [0.5, 0.6) is 0 Å². The summed E-state index contributed by atoms with van der Waals surface area (Å²) in [6.07, 6.45) is 7.97. The molecule has 2 aromatic rings. The SMILES string of the molecule is O=C(Cc1ccccc1)C1=C[C@@H]2Cc3ccccc3[C@@H]2C=C1. The lowest BCUT2D eigenvalue weighted by atomic mass is 9.84. The van der Waals surface area contributed by atoms with E-state index in [2.05, 4.69) is 36.4 Å². The Morgan fingerprint density at radius 2 is 1.77 bits per heavy atom. The first-order valence-electron chi connectivity index (χ1n) is 7.86. The van der Waals surface area contributed by atoms with Crippen LogP contribution >= 0.6 is 0 Å². The molecule has 0 heterocycles. The molecule has 2 aromatic carbocycles. The smallest absolute Gasteiger partial charge is 0.166 e. The Balaban J connectivity index is 1.55. The van der Waals surface area contributed by atoms with Gasteiger partial charge in [0.05, 0.1) is 0 Å². The zero-order valence-electron chi connectivity index (χ0n) is 12.4. The largest absolute Gasteiger partial charge is 0.294 e. The fraction of sp³-hybridized carbons (Fsp3) is 0.190. The molecule has 0 spiro atoms. The molecule has 0 saturated carbocycles. The lowest BCUT2D eigenvalue weighted by Gasteiger charge is -2.19. The van der Waals surface area contributed by atoms with Crippen LogP contribution < -0.4 is 0 Å². The second kappa shape index (κ2) is 5.42. The summed E-state index contributed by atoms with van der Waals surface area (Å²) in [5.74, 6) is 1.11. The van der Waals surface area contributed by atoms with Crippen LogP contribution in [0.4, 0.5) is 0 Å². The lowest BCUT2D eigenvalue weighted by Crippen LogP contribution is -2.13. The highest BCUT2D eigenvalue weighted by atomic mass is 16.1. The Labute approximate surface area is 131 Å². The number of allylic oxidation sites excluding steroid dienone is 4. The van der Waals surface area contributed by atoms with E-state index >= 15 is 0 Å². The van der Waals surface area contributed by atoms with Gasteiger partial charge in [0.1, 0.15) is 0 Å². The topological polar surface area (TPSA) is 17.1 Å². The third kappa shape index (κ3) is 2.33. The summed E-state index contributed by atoms with van der Waals surface area (Å²) in [5.41, 5.74) is 4.81. The minimum Gasteiger partial charge on any atom is -0.294 e. The average molecular weight is 286 g/mol. The van der Waals surface area contributed by atoms with Gasteiger partial charge in [-0.15, -0.1) is 0 Å². The minimum atomic E-state index is 0.219. The summed E-state index contributed by atoms with van der Waals surface area (Å²) in [7, 11) is 0. The van der Waals surface area contributed by atoms with Gasteiger partial charge < -0.3 is 0 Å². The van der Waals surface area contributed by atoms with Crippen molar-refractivity contribution in [2.24, 2.45) is 5.92 Å². The normalized spacial score (nSPS) is 21.9. The van der Waals surface area contributed by atoms with Crippen LogP contribution in [0.1, 0.15) is 22.6 Å². The average Bonchev–Trinajstić information content (AvgIpc) is 2.93. The van der Waals surface area contributed by atoms with Gasteiger partial charge in [-0.05, 0) is 29.0 Å². The number of benzene rings is 2. The lowest BCUT2D eigenvalue weighted by molar-refractivity contribution is -0.114. The molecule has 22 heavy (non-hydrogen) atoms. The van der Waals surface area contributed by atoms with Crippen molar-refractivity contribution >= 4 is 5.78 Å². The van der Waals surface area contributed by atoms with Crippen LogP contribution in [0, 0.1) is 5.92 Å². The first-order chi connectivity index (χ1) is 10.8.